The van der Waals surface area contributed by atoms with E-state index < -0.39 is 21.7 Å². The molecule has 0 saturated carbocycles. The van der Waals surface area contributed by atoms with Gasteiger partial charge in [0.15, 0.2) is 15.8 Å². The zero-order chi connectivity index (χ0) is 17.7. The Balaban J connectivity index is 0.00000312. The number of halogens is 1. The molecule has 0 heterocycles. The van der Waals surface area contributed by atoms with Crippen LogP contribution in [0.5, 0.6) is 5.75 Å². The van der Waals surface area contributed by atoms with E-state index in [1.54, 1.807) is 0 Å². The molecule has 9 heteroatoms. The number of ether oxygens (including phenoxy) is 1. The highest BCUT2D eigenvalue weighted by Gasteiger charge is 2.18. The normalized spacial score (nSPS) is 10.4. The van der Waals surface area contributed by atoms with Gasteiger partial charge in [-0.25, -0.2) is 8.42 Å². The molecule has 0 aliphatic carbocycles. The molecule has 134 valence electrons. The first-order chi connectivity index (χ1) is 11.3. The third-order valence-corrected chi connectivity index (χ3v) is 4.18. The molecule has 0 spiro atoms. The smallest absolute Gasteiger partial charge is 0.280 e. The van der Waals surface area contributed by atoms with Crippen LogP contribution in [-0.4, -0.2) is 26.5 Å². The zero-order valence-electron chi connectivity index (χ0n) is 13.4. The first-order valence-electron chi connectivity index (χ1n) is 6.92. The second kappa shape index (κ2) is 8.50. The number of amides is 1. The number of nitrogens with two attached hydrogens (primary N) is 2. The molecule has 0 radical (unpaired) electrons. The van der Waals surface area contributed by atoms with Gasteiger partial charge in [0.05, 0.1) is 0 Å². The number of carbonyl (C=O) groups is 1. The van der Waals surface area contributed by atoms with Crippen LogP contribution in [0.4, 0.5) is 0 Å². The molecule has 0 saturated heterocycles. The number of benzene rings is 2. The first kappa shape index (κ1) is 20.5. The van der Waals surface area contributed by atoms with Crippen molar-refractivity contribution >= 4 is 34.1 Å². The number of hydrogen-bond donors (Lipinski definition) is 2. The van der Waals surface area contributed by atoms with Gasteiger partial charge in [-0.2, -0.15) is 4.99 Å². The van der Waals surface area contributed by atoms with Crippen LogP contribution in [0.3, 0.4) is 0 Å². The molecule has 1 amide bonds. The van der Waals surface area contributed by atoms with Gasteiger partial charge in [0, 0.05) is 11.8 Å². The Hall–Kier alpha value is -2.58. The van der Waals surface area contributed by atoms with Crippen LogP contribution in [0.15, 0.2) is 58.4 Å². The van der Waals surface area contributed by atoms with Crippen molar-refractivity contribution in [2.45, 2.75) is 11.5 Å². The lowest BCUT2D eigenvalue weighted by Crippen LogP contribution is -2.24. The van der Waals surface area contributed by atoms with Crippen molar-refractivity contribution in [3.63, 3.8) is 0 Å². The van der Waals surface area contributed by atoms with Gasteiger partial charge < -0.3 is 16.2 Å². The fourth-order valence-corrected chi connectivity index (χ4v) is 2.80. The molecule has 0 bridgehead atoms. The second-order valence-electron chi connectivity index (χ2n) is 5.05. The summed E-state index contributed by atoms with van der Waals surface area (Å²) >= 11 is 0. The van der Waals surface area contributed by atoms with Gasteiger partial charge in [0.25, 0.3) is 5.91 Å². The van der Waals surface area contributed by atoms with Gasteiger partial charge in [0.1, 0.15) is 17.3 Å². The second-order valence-corrected chi connectivity index (χ2v) is 7.03. The minimum Gasteiger partial charge on any atom is -0.488 e. The number of hydrogen-bond acceptors (Lipinski definition) is 4. The Morgan fingerprint density at radius 3 is 2.32 bits per heavy atom. The van der Waals surface area contributed by atoms with Crippen molar-refractivity contribution in [3.05, 3.63) is 59.7 Å². The van der Waals surface area contributed by atoms with Crippen molar-refractivity contribution < 1.29 is 17.9 Å². The fraction of sp³-hybridized carbons (Fsp3) is 0.125. The maximum absolute atomic E-state index is 12.0. The molecule has 2 aromatic rings. The van der Waals surface area contributed by atoms with E-state index in [1.165, 1.54) is 18.2 Å². The third-order valence-electron chi connectivity index (χ3n) is 3.06. The topological polar surface area (TPSA) is 125 Å². The van der Waals surface area contributed by atoms with Gasteiger partial charge in [-0.1, -0.05) is 30.3 Å². The van der Waals surface area contributed by atoms with Crippen LogP contribution in [0.25, 0.3) is 0 Å². The Morgan fingerprint density at radius 1 is 1.12 bits per heavy atom. The number of guanidine groups is 1. The summed E-state index contributed by atoms with van der Waals surface area (Å²) in [6.45, 7) is 0.199. The lowest BCUT2D eigenvalue weighted by atomic mass is 10.2. The Morgan fingerprint density at radius 2 is 1.76 bits per heavy atom. The Labute approximate surface area is 152 Å². The molecule has 0 aliphatic heterocycles. The highest BCUT2D eigenvalue weighted by Crippen LogP contribution is 2.26. The molecular formula is C16H18ClN3O4S. The molecule has 2 rings (SSSR count). The number of aliphatic imine (C=N–C) groups is 1. The average Bonchev–Trinajstić information content (AvgIpc) is 2.52. The van der Waals surface area contributed by atoms with E-state index in [0.717, 1.165) is 11.8 Å². The van der Waals surface area contributed by atoms with Crippen LogP contribution in [0.1, 0.15) is 15.9 Å². The SMILES string of the molecule is CS(=O)(=O)c1cc(C(=O)N=C(N)N)ccc1OCc1ccccc1.Cl. The summed E-state index contributed by atoms with van der Waals surface area (Å²) in [6, 6.07) is 13.3. The standard InChI is InChI=1S/C16H17N3O4S.ClH/c1-24(21,22)14-9-12(15(20)19-16(17)18)7-8-13(14)23-10-11-5-3-2-4-6-11;/h2-9H,10H2,1H3,(H4,17,18,19,20);1H. The van der Waals surface area contributed by atoms with Crippen molar-refractivity contribution in [3.8, 4) is 5.75 Å². The van der Waals surface area contributed by atoms with Crippen molar-refractivity contribution in [2.24, 2.45) is 16.5 Å². The number of nitrogens with zero attached hydrogens (tertiary/aromatic N) is 1. The molecule has 25 heavy (non-hydrogen) atoms. The zero-order valence-corrected chi connectivity index (χ0v) is 15.0. The van der Waals surface area contributed by atoms with E-state index in [4.69, 9.17) is 16.2 Å². The van der Waals surface area contributed by atoms with Crippen LogP contribution >= 0.6 is 12.4 Å². The largest absolute Gasteiger partial charge is 0.488 e. The number of carbonyl (C=O) groups excluding carboxylic acids is 1. The van der Waals surface area contributed by atoms with Gasteiger partial charge in [0.2, 0.25) is 0 Å². The van der Waals surface area contributed by atoms with E-state index in [9.17, 15) is 13.2 Å². The van der Waals surface area contributed by atoms with E-state index in [0.29, 0.717) is 0 Å². The van der Waals surface area contributed by atoms with Crippen molar-refractivity contribution in [1.29, 1.82) is 0 Å². The molecule has 4 N–H and O–H groups in total. The van der Waals surface area contributed by atoms with Crippen molar-refractivity contribution in [1.82, 2.24) is 0 Å². The lowest BCUT2D eigenvalue weighted by molar-refractivity contribution is 0.100. The third kappa shape index (κ3) is 5.77. The average molecular weight is 384 g/mol. The Bertz CT molecular complexity index is 880. The van der Waals surface area contributed by atoms with Crippen LogP contribution in [0.2, 0.25) is 0 Å². The van der Waals surface area contributed by atoms with Crippen LogP contribution < -0.4 is 16.2 Å². The summed E-state index contributed by atoms with van der Waals surface area (Å²) in [5, 5.41) is 0. The van der Waals surface area contributed by atoms with Crippen LogP contribution in [0, 0.1) is 0 Å². The molecular weight excluding hydrogens is 366 g/mol. The summed E-state index contributed by atoms with van der Waals surface area (Å²) in [4.78, 5) is 15.1. The van der Waals surface area contributed by atoms with E-state index in [2.05, 4.69) is 4.99 Å². The molecule has 0 aromatic heterocycles. The van der Waals surface area contributed by atoms with Gasteiger partial charge in [-0.3, -0.25) is 4.79 Å². The Kier molecular flexibility index (Phi) is 6.96. The molecule has 7 nitrogen and oxygen atoms in total. The predicted octanol–water partition coefficient (Wildman–Crippen LogP) is 1.50. The highest BCUT2D eigenvalue weighted by molar-refractivity contribution is 7.90. The number of sulfone groups is 1. The maximum Gasteiger partial charge on any atom is 0.280 e. The lowest BCUT2D eigenvalue weighted by Gasteiger charge is -2.11. The van der Waals surface area contributed by atoms with Gasteiger partial charge >= 0.3 is 0 Å². The summed E-state index contributed by atoms with van der Waals surface area (Å²) < 4.78 is 29.6. The summed E-state index contributed by atoms with van der Waals surface area (Å²) in [7, 11) is -3.61. The van der Waals surface area contributed by atoms with E-state index in [-0.39, 0.29) is 35.2 Å². The summed E-state index contributed by atoms with van der Waals surface area (Å²) in [5.74, 6) is -0.970. The van der Waals surface area contributed by atoms with E-state index in [1.807, 2.05) is 30.3 Å². The summed E-state index contributed by atoms with van der Waals surface area (Å²) in [6.07, 6.45) is 1.03. The fourth-order valence-electron chi connectivity index (χ4n) is 1.97. The number of rotatable bonds is 5. The molecule has 0 atom stereocenters. The quantitative estimate of drug-likeness (QED) is 0.595. The first-order valence-corrected chi connectivity index (χ1v) is 8.81. The summed E-state index contributed by atoms with van der Waals surface area (Å²) in [5.41, 5.74) is 11.3. The minimum atomic E-state index is -3.61. The molecule has 2 aromatic carbocycles. The maximum atomic E-state index is 12.0. The van der Waals surface area contributed by atoms with E-state index >= 15 is 0 Å². The van der Waals surface area contributed by atoms with Gasteiger partial charge in [-0.15, -0.1) is 12.4 Å². The highest BCUT2D eigenvalue weighted by atomic mass is 35.5. The molecule has 0 fully saturated rings. The molecule has 0 aliphatic rings. The van der Waals surface area contributed by atoms with Gasteiger partial charge in [-0.05, 0) is 23.8 Å². The van der Waals surface area contributed by atoms with Crippen molar-refractivity contribution in [2.75, 3.05) is 6.26 Å². The minimum absolute atomic E-state index is 0. The predicted molar refractivity (Wildman–Crippen MR) is 97.7 cm³/mol. The van der Waals surface area contributed by atoms with Crippen LogP contribution in [-0.2, 0) is 16.4 Å². The monoisotopic (exact) mass is 383 g/mol. The molecule has 0 unspecified atom stereocenters.